The Hall–Kier alpha value is -1.12. The van der Waals surface area contributed by atoms with E-state index in [-0.39, 0.29) is 31.9 Å². The van der Waals surface area contributed by atoms with E-state index in [0.717, 1.165) is 0 Å². The highest BCUT2D eigenvalue weighted by Gasteiger charge is 2.22. The van der Waals surface area contributed by atoms with E-state index < -0.39 is 18.6 Å². The van der Waals surface area contributed by atoms with Crippen molar-refractivity contribution < 1.29 is 23.1 Å². The molecule has 18 heavy (non-hydrogen) atoms. The van der Waals surface area contributed by atoms with Gasteiger partial charge >= 0.3 is 0 Å². The van der Waals surface area contributed by atoms with E-state index in [9.17, 15) is 13.9 Å². The van der Waals surface area contributed by atoms with E-state index in [2.05, 4.69) is 14.9 Å². The Labute approximate surface area is 103 Å². The first-order chi connectivity index (χ1) is 8.43. The molecule has 0 saturated heterocycles. The van der Waals surface area contributed by atoms with Crippen LogP contribution in [0.25, 0.3) is 0 Å². The third-order valence-corrected chi connectivity index (χ3v) is 2.20. The number of nitrogens with two attached hydrogens (primary N) is 1. The van der Waals surface area contributed by atoms with Crippen molar-refractivity contribution >= 4 is 0 Å². The van der Waals surface area contributed by atoms with Crippen LogP contribution in [0, 0.1) is 0 Å². The molecular weight excluding hydrogens is 248 g/mol. The smallest absolute Gasteiger partial charge is 0.261 e. The van der Waals surface area contributed by atoms with Gasteiger partial charge in [0.05, 0.1) is 18.6 Å². The fraction of sp³-hybridized carbons (Fsp3) is 0.800. The number of aliphatic hydroxyl groups is 1. The maximum atomic E-state index is 11.8. The van der Waals surface area contributed by atoms with Crippen LogP contribution in [0.2, 0.25) is 0 Å². The lowest BCUT2D eigenvalue weighted by Crippen LogP contribution is -2.36. The Morgan fingerprint density at radius 2 is 2.28 bits per heavy atom. The Kier molecular flexibility index (Phi) is 5.57. The molecule has 0 saturated carbocycles. The van der Waals surface area contributed by atoms with Crippen LogP contribution in [0.5, 0.6) is 0 Å². The van der Waals surface area contributed by atoms with Crippen molar-refractivity contribution in [2.75, 3.05) is 19.8 Å². The van der Waals surface area contributed by atoms with Gasteiger partial charge in [0, 0.05) is 13.0 Å². The summed E-state index contributed by atoms with van der Waals surface area (Å²) in [4.78, 5) is 4.00. The second kappa shape index (κ2) is 6.72. The molecular formula is C10H17F2N3O3. The van der Waals surface area contributed by atoms with Gasteiger partial charge in [-0.15, -0.1) is 0 Å². The number of aromatic nitrogens is 2. The normalized spacial score (nSPS) is 15.0. The van der Waals surface area contributed by atoms with Gasteiger partial charge in [-0.3, -0.25) is 0 Å². The van der Waals surface area contributed by atoms with Crippen molar-refractivity contribution in [1.82, 2.24) is 10.1 Å². The number of alkyl halides is 2. The molecule has 0 fully saturated rings. The molecule has 0 aliphatic heterocycles. The Morgan fingerprint density at radius 3 is 2.89 bits per heavy atom. The molecule has 0 spiro atoms. The monoisotopic (exact) mass is 265 g/mol. The molecule has 6 nitrogen and oxygen atoms in total. The maximum Gasteiger partial charge on any atom is 0.261 e. The first kappa shape index (κ1) is 14.9. The summed E-state index contributed by atoms with van der Waals surface area (Å²) in [6.07, 6.45) is -2.06. The number of rotatable bonds is 8. The van der Waals surface area contributed by atoms with Gasteiger partial charge in [0.1, 0.15) is 6.61 Å². The van der Waals surface area contributed by atoms with Crippen molar-refractivity contribution in [2.45, 2.75) is 31.8 Å². The molecule has 0 bridgehead atoms. The summed E-state index contributed by atoms with van der Waals surface area (Å²) < 4.78 is 33.1. The summed E-state index contributed by atoms with van der Waals surface area (Å²) >= 11 is 0. The van der Waals surface area contributed by atoms with Gasteiger partial charge in [-0.1, -0.05) is 5.16 Å². The van der Waals surface area contributed by atoms with Crippen LogP contribution < -0.4 is 5.73 Å². The summed E-state index contributed by atoms with van der Waals surface area (Å²) in [5, 5.41) is 13.3. The van der Waals surface area contributed by atoms with Gasteiger partial charge in [-0.05, 0) is 6.92 Å². The summed E-state index contributed by atoms with van der Waals surface area (Å²) in [5.74, 6) is 0.612. The highest BCUT2D eigenvalue weighted by Crippen LogP contribution is 2.10. The number of hydrogen-bond donors (Lipinski definition) is 2. The Bertz CT molecular complexity index is 358. The molecule has 1 aromatic heterocycles. The number of nitrogens with zero attached hydrogens (tertiary/aromatic N) is 2. The van der Waals surface area contributed by atoms with Crippen molar-refractivity contribution in [3.63, 3.8) is 0 Å². The average molecular weight is 265 g/mol. The maximum absolute atomic E-state index is 11.8. The van der Waals surface area contributed by atoms with Crippen molar-refractivity contribution in [3.8, 4) is 0 Å². The van der Waals surface area contributed by atoms with Gasteiger partial charge in [0.25, 0.3) is 6.43 Å². The second-order valence-corrected chi connectivity index (χ2v) is 4.20. The van der Waals surface area contributed by atoms with E-state index in [1.807, 2.05) is 0 Å². The summed E-state index contributed by atoms with van der Waals surface area (Å²) in [5.41, 5.74) is 4.26. The van der Waals surface area contributed by atoms with Crippen LogP contribution in [-0.2, 0) is 17.6 Å². The molecule has 0 aliphatic carbocycles. The first-order valence-electron chi connectivity index (χ1n) is 5.53. The lowest BCUT2D eigenvalue weighted by molar-refractivity contribution is 0.0182. The van der Waals surface area contributed by atoms with Crippen LogP contribution in [0.3, 0.4) is 0 Å². The highest BCUT2D eigenvalue weighted by molar-refractivity contribution is 4.92. The quantitative estimate of drug-likeness (QED) is 0.649. The predicted molar refractivity (Wildman–Crippen MR) is 58.2 cm³/mol. The molecule has 3 N–H and O–H groups in total. The summed E-state index contributed by atoms with van der Waals surface area (Å²) in [7, 11) is 0. The topological polar surface area (TPSA) is 94.4 Å². The lowest BCUT2D eigenvalue weighted by atomic mass is 10.0. The number of ether oxygens (including phenoxy) is 1. The molecule has 0 radical (unpaired) electrons. The van der Waals surface area contributed by atoms with E-state index in [1.165, 1.54) is 0 Å². The van der Waals surface area contributed by atoms with E-state index in [1.54, 1.807) is 6.92 Å². The SMILES string of the molecule is CC(O)(CN)Cc1nc(CCOCC(F)F)no1. The minimum atomic E-state index is -2.48. The van der Waals surface area contributed by atoms with E-state index >= 15 is 0 Å². The minimum absolute atomic E-state index is 0.0716. The van der Waals surface area contributed by atoms with Crippen LogP contribution in [0.1, 0.15) is 18.6 Å². The molecule has 1 rings (SSSR count). The molecule has 1 atom stereocenters. The summed E-state index contributed by atoms with van der Waals surface area (Å²) in [6.45, 7) is 1.12. The zero-order chi connectivity index (χ0) is 13.6. The van der Waals surface area contributed by atoms with Crippen molar-refractivity contribution in [1.29, 1.82) is 0 Å². The largest absolute Gasteiger partial charge is 0.388 e. The second-order valence-electron chi connectivity index (χ2n) is 4.20. The minimum Gasteiger partial charge on any atom is -0.388 e. The third kappa shape index (κ3) is 5.48. The lowest BCUT2D eigenvalue weighted by Gasteiger charge is -2.17. The van der Waals surface area contributed by atoms with Crippen molar-refractivity contribution in [2.24, 2.45) is 5.73 Å². The van der Waals surface area contributed by atoms with Gasteiger partial charge in [-0.2, -0.15) is 4.98 Å². The Morgan fingerprint density at radius 1 is 1.56 bits per heavy atom. The zero-order valence-electron chi connectivity index (χ0n) is 10.1. The Balaban J connectivity index is 2.34. The zero-order valence-corrected chi connectivity index (χ0v) is 10.1. The van der Waals surface area contributed by atoms with Crippen LogP contribution >= 0.6 is 0 Å². The number of hydrogen-bond acceptors (Lipinski definition) is 6. The van der Waals surface area contributed by atoms with Crippen LogP contribution in [0.4, 0.5) is 8.78 Å². The predicted octanol–water partition coefficient (Wildman–Crippen LogP) is 0.146. The number of halogens is 2. The van der Waals surface area contributed by atoms with Gasteiger partial charge in [0.15, 0.2) is 5.82 Å². The van der Waals surface area contributed by atoms with Gasteiger partial charge in [0.2, 0.25) is 5.89 Å². The summed E-state index contributed by atoms with van der Waals surface area (Å²) in [6, 6.07) is 0. The molecule has 1 unspecified atom stereocenters. The van der Waals surface area contributed by atoms with Gasteiger partial charge < -0.3 is 20.1 Å². The fourth-order valence-corrected chi connectivity index (χ4v) is 1.20. The molecule has 0 aliphatic rings. The average Bonchev–Trinajstić information content (AvgIpc) is 2.71. The van der Waals surface area contributed by atoms with Gasteiger partial charge in [-0.25, -0.2) is 8.78 Å². The molecule has 0 aromatic carbocycles. The van der Waals surface area contributed by atoms with E-state index in [4.69, 9.17) is 10.3 Å². The standard InChI is InChI=1S/C10H17F2N3O3/c1-10(16,6-13)4-9-14-8(15-18-9)2-3-17-5-7(11)12/h7,16H,2-6,13H2,1H3. The van der Waals surface area contributed by atoms with Crippen LogP contribution in [-0.4, -0.2) is 47.0 Å². The van der Waals surface area contributed by atoms with Crippen LogP contribution in [0.15, 0.2) is 4.52 Å². The third-order valence-electron chi connectivity index (χ3n) is 2.20. The molecule has 1 heterocycles. The highest BCUT2D eigenvalue weighted by atomic mass is 19.3. The fourth-order valence-electron chi connectivity index (χ4n) is 1.20. The molecule has 104 valence electrons. The molecule has 8 heteroatoms. The molecule has 1 aromatic rings. The first-order valence-corrected chi connectivity index (χ1v) is 5.53. The van der Waals surface area contributed by atoms with E-state index in [0.29, 0.717) is 5.82 Å². The molecule has 0 amide bonds. The van der Waals surface area contributed by atoms with Crippen molar-refractivity contribution in [3.05, 3.63) is 11.7 Å².